The largest absolute Gasteiger partial charge is 0.386 e. The van der Waals surface area contributed by atoms with E-state index in [4.69, 9.17) is 9.47 Å². The van der Waals surface area contributed by atoms with Crippen molar-refractivity contribution in [3.05, 3.63) is 141 Å². The van der Waals surface area contributed by atoms with Crippen molar-refractivity contribution in [1.29, 1.82) is 0 Å². The van der Waals surface area contributed by atoms with Crippen molar-refractivity contribution in [3.8, 4) is 0 Å². The molecule has 4 fully saturated rings. The van der Waals surface area contributed by atoms with Crippen LogP contribution in [0.2, 0.25) is 0 Å². The van der Waals surface area contributed by atoms with Crippen LogP contribution in [0.15, 0.2) is 84.9 Å². The minimum Gasteiger partial charge on any atom is -0.386 e. The van der Waals surface area contributed by atoms with Gasteiger partial charge in [-0.15, -0.1) is 0 Å². The molecule has 328 valence electrons. The highest BCUT2D eigenvalue weighted by molar-refractivity contribution is 6.15. The minimum absolute atomic E-state index is 0.128. The molecule has 0 N–H and O–H groups in total. The van der Waals surface area contributed by atoms with E-state index in [-0.39, 0.29) is 5.41 Å². The van der Waals surface area contributed by atoms with E-state index in [0.717, 1.165) is 70.6 Å². The van der Waals surface area contributed by atoms with Gasteiger partial charge < -0.3 is 9.47 Å². The summed E-state index contributed by atoms with van der Waals surface area (Å²) in [5.74, 6) is 3.38. The summed E-state index contributed by atoms with van der Waals surface area (Å²) in [6, 6.07) is 29.4. The van der Waals surface area contributed by atoms with Gasteiger partial charge in [-0.3, -0.25) is 0 Å². The summed E-state index contributed by atoms with van der Waals surface area (Å²) in [4.78, 5) is 48.8. The van der Waals surface area contributed by atoms with Crippen molar-refractivity contribution in [1.82, 2.24) is 0 Å². The van der Waals surface area contributed by atoms with E-state index in [2.05, 4.69) is 83.1 Å². The molecule has 6 heteroatoms. The van der Waals surface area contributed by atoms with Crippen LogP contribution >= 0.6 is 0 Å². The number of ether oxygens (including phenoxy) is 2. The van der Waals surface area contributed by atoms with E-state index in [0.29, 0.717) is 51.8 Å². The molecule has 0 bridgehead atoms. The number of cyclic esters (lactones) is 4. The molecule has 8 unspecified atom stereocenters. The van der Waals surface area contributed by atoms with E-state index >= 15 is 0 Å². The fraction of sp³-hybridized carbons (Fsp3) is 0.509. The van der Waals surface area contributed by atoms with E-state index in [1.807, 2.05) is 12.1 Å². The second-order valence-corrected chi connectivity index (χ2v) is 21.8. The number of fused-ring (bicyclic) bond motifs is 7. The Morgan fingerprint density at radius 2 is 1.06 bits per heavy atom. The lowest BCUT2D eigenvalue weighted by molar-refractivity contribution is -0.122. The molecule has 10 rings (SSSR count). The number of carbonyl (C=O) groups is 4. The highest BCUT2D eigenvalue weighted by Gasteiger charge is 2.62. The van der Waals surface area contributed by atoms with Gasteiger partial charge in [0.1, 0.15) is 0 Å². The summed E-state index contributed by atoms with van der Waals surface area (Å²) in [5, 5.41) is 0. The third-order valence-corrected chi connectivity index (χ3v) is 18.2. The molecule has 0 saturated heterocycles. The Hall–Kier alpha value is -4.84. The number of benzene rings is 4. The number of rotatable bonds is 11. The monoisotopic (exact) mass is 844 g/mol. The summed E-state index contributed by atoms with van der Waals surface area (Å²) in [6.07, 6.45) is 17.3. The molecular weight excluding hydrogens is 781 g/mol. The van der Waals surface area contributed by atoms with Gasteiger partial charge in [-0.1, -0.05) is 115 Å². The first-order chi connectivity index (χ1) is 30.3. The van der Waals surface area contributed by atoms with Crippen LogP contribution in [0.5, 0.6) is 0 Å². The average molecular weight is 845 g/mol. The van der Waals surface area contributed by atoms with Gasteiger partial charge in [-0.2, -0.15) is 0 Å². The predicted octanol–water partition coefficient (Wildman–Crippen LogP) is 12.9. The third-order valence-electron chi connectivity index (χ3n) is 18.2. The fourth-order valence-corrected chi connectivity index (χ4v) is 14.8. The number of hydrogen-bond acceptors (Lipinski definition) is 6. The van der Waals surface area contributed by atoms with Crippen molar-refractivity contribution < 1.29 is 28.7 Å². The summed E-state index contributed by atoms with van der Waals surface area (Å²) in [6.45, 7) is 12.7. The maximum Gasteiger partial charge on any atom is 0.346 e. The van der Waals surface area contributed by atoms with Crippen molar-refractivity contribution >= 4 is 23.9 Å². The first kappa shape index (κ1) is 42.1. The third kappa shape index (κ3) is 7.22. The van der Waals surface area contributed by atoms with Gasteiger partial charge in [0.05, 0.1) is 22.3 Å². The van der Waals surface area contributed by atoms with Crippen LogP contribution in [0.3, 0.4) is 0 Å². The van der Waals surface area contributed by atoms with Gasteiger partial charge >= 0.3 is 23.9 Å². The maximum absolute atomic E-state index is 12.3. The van der Waals surface area contributed by atoms with Gasteiger partial charge in [-0.25, -0.2) is 19.2 Å². The highest BCUT2D eigenvalue weighted by atomic mass is 16.6. The highest BCUT2D eigenvalue weighted by Crippen LogP contribution is 2.70. The van der Waals surface area contributed by atoms with Crippen LogP contribution in [0.1, 0.15) is 186 Å². The van der Waals surface area contributed by atoms with Crippen LogP contribution in [-0.4, -0.2) is 23.9 Å². The number of esters is 4. The smallest absolute Gasteiger partial charge is 0.346 e. The molecule has 0 amide bonds. The number of carbonyl (C=O) groups excluding carboxylic acids is 4. The Kier molecular flexibility index (Phi) is 10.7. The Balaban J connectivity index is 0.918. The quantitative estimate of drug-likeness (QED) is 0.110. The molecule has 8 atom stereocenters. The molecule has 4 aliphatic carbocycles. The van der Waals surface area contributed by atoms with Gasteiger partial charge in [-0.05, 0) is 181 Å². The summed E-state index contributed by atoms with van der Waals surface area (Å²) in [5.41, 5.74) is 9.12. The van der Waals surface area contributed by atoms with E-state index in [1.54, 1.807) is 24.3 Å². The molecule has 4 saturated carbocycles. The minimum atomic E-state index is -0.569. The van der Waals surface area contributed by atoms with E-state index < -0.39 is 23.9 Å². The first-order valence-corrected chi connectivity index (χ1v) is 24.2. The molecule has 63 heavy (non-hydrogen) atoms. The molecule has 0 spiro atoms. The molecule has 6 aliphatic rings. The summed E-state index contributed by atoms with van der Waals surface area (Å²) in [7, 11) is 0. The lowest BCUT2D eigenvalue weighted by Crippen LogP contribution is -2.55. The summed E-state index contributed by atoms with van der Waals surface area (Å²) >= 11 is 0. The molecule has 2 aliphatic heterocycles. The molecule has 4 aromatic carbocycles. The molecule has 2 heterocycles. The predicted molar refractivity (Wildman–Crippen MR) is 245 cm³/mol. The van der Waals surface area contributed by atoms with Crippen LogP contribution in [0.4, 0.5) is 0 Å². The molecule has 0 radical (unpaired) electrons. The van der Waals surface area contributed by atoms with Gasteiger partial charge in [0.25, 0.3) is 0 Å². The zero-order valence-electron chi connectivity index (χ0n) is 38.0. The molecule has 6 nitrogen and oxygen atoms in total. The summed E-state index contributed by atoms with van der Waals surface area (Å²) < 4.78 is 9.71. The molecule has 0 aromatic heterocycles. The van der Waals surface area contributed by atoms with Gasteiger partial charge in [0, 0.05) is 5.41 Å². The second kappa shape index (κ2) is 16.0. The van der Waals surface area contributed by atoms with Crippen LogP contribution in [0.25, 0.3) is 0 Å². The molecular formula is C57H64O6. The van der Waals surface area contributed by atoms with Crippen LogP contribution in [0, 0.1) is 52.3 Å². The van der Waals surface area contributed by atoms with Crippen molar-refractivity contribution in [2.75, 3.05) is 0 Å². The number of hydrogen-bond donors (Lipinski definition) is 0. The van der Waals surface area contributed by atoms with E-state index in [1.165, 1.54) is 75.3 Å². The Bertz CT molecular complexity index is 2340. The van der Waals surface area contributed by atoms with E-state index in [9.17, 15) is 19.2 Å². The Morgan fingerprint density at radius 3 is 1.62 bits per heavy atom. The van der Waals surface area contributed by atoms with Crippen LogP contribution in [-0.2, 0) is 27.7 Å². The van der Waals surface area contributed by atoms with Gasteiger partial charge in [0.15, 0.2) is 0 Å². The van der Waals surface area contributed by atoms with Crippen molar-refractivity contribution in [3.63, 3.8) is 0 Å². The SMILES string of the molecule is CC(C)CCCC(C)C1CCC2C3CCC4CC(c5ccc(Cc6ccc7c(c6)C(=O)OC7=O)cc5)(c5ccc(Cc6ccc7c(c6)C(=O)OC7=O)cc5)CCC4(C)C3CCC12C. The normalized spacial score (nSPS) is 29.7. The topological polar surface area (TPSA) is 86.7 Å². The lowest BCUT2D eigenvalue weighted by atomic mass is 9.42. The van der Waals surface area contributed by atoms with Crippen molar-refractivity contribution in [2.24, 2.45) is 52.3 Å². The van der Waals surface area contributed by atoms with Gasteiger partial charge in [0.2, 0.25) is 0 Å². The molecule has 4 aromatic rings. The zero-order chi connectivity index (χ0) is 43.8. The second-order valence-electron chi connectivity index (χ2n) is 21.8. The maximum atomic E-state index is 12.3. The Labute approximate surface area is 373 Å². The average Bonchev–Trinajstić information content (AvgIpc) is 3.88. The lowest BCUT2D eigenvalue weighted by Gasteiger charge is -2.63. The standard InChI is InChI=1S/C57H64O6/c1-34(2)7-6-8-35(3)48-23-24-49-45-22-19-42-33-57(28-27-55(42,4)50(45)25-26-56(48,49)5,40-15-9-36(10-16-40)29-38-13-20-43-46(31-38)53(60)62-51(43)58)41-17-11-37(12-18-41)30-39-14-21-44-47(32-39)54(61)63-52(44)59/h9-18,20-21,31-32,34-35,42,45,48-50H,6-8,19,22-30,33H2,1-5H3. The fourth-order valence-electron chi connectivity index (χ4n) is 14.8. The van der Waals surface area contributed by atoms with Crippen molar-refractivity contribution in [2.45, 2.75) is 130 Å². The van der Waals surface area contributed by atoms with Crippen LogP contribution < -0.4 is 0 Å². The Morgan fingerprint density at radius 1 is 0.540 bits per heavy atom. The zero-order valence-corrected chi connectivity index (χ0v) is 38.0. The first-order valence-electron chi connectivity index (χ1n) is 24.2.